The van der Waals surface area contributed by atoms with Gasteiger partial charge in [-0.3, -0.25) is 19.7 Å². The lowest BCUT2D eigenvalue weighted by Gasteiger charge is -2.17. The number of aryl methyl sites for hydroxylation is 1. The van der Waals surface area contributed by atoms with Crippen LogP contribution in [0.15, 0.2) is 118 Å². The molecule has 0 saturated carbocycles. The van der Waals surface area contributed by atoms with Crippen molar-refractivity contribution < 1.29 is 18.8 Å². The molecule has 0 aliphatic rings. The molecule has 0 spiro atoms. The van der Waals surface area contributed by atoms with Crippen LogP contribution in [-0.4, -0.2) is 27.9 Å². The summed E-state index contributed by atoms with van der Waals surface area (Å²) in [6.07, 6.45) is 2.94. The molecule has 0 bridgehead atoms. The van der Waals surface area contributed by atoms with E-state index in [0.29, 0.717) is 22.1 Å². The van der Waals surface area contributed by atoms with E-state index < -0.39 is 17.1 Å². The van der Waals surface area contributed by atoms with Gasteiger partial charge in [0.1, 0.15) is 21.7 Å². The van der Waals surface area contributed by atoms with Crippen LogP contribution in [0.3, 0.4) is 0 Å². The smallest absolute Gasteiger partial charge is 0.272 e. The van der Waals surface area contributed by atoms with Gasteiger partial charge in [-0.2, -0.15) is 0 Å². The minimum atomic E-state index is -0.596. The van der Waals surface area contributed by atoms with E-state index in [-0.39, 0.29) is 11.6 Å². The van der Waals surface area contributed by atoms with Gasteiger partial charge in [-0.05, 0) is 55.0 Å². The molecule has 2 aromatic heterocycles. The summed E-state index contributed by atoms with van der Waals surface area (Å²) < 4.78 is 5.37. The van der Waals surface area contributed by atoms with E-state index in [1.165, 1.54) is 35.4 Å². The molecule has 3 N–H and O–H groups in total. The van der Waals surface area contributed by atoms with Gasteiger partial charge in [-0.1, -0.05) is 65.9 Å². The van der Waals surface area contributed by atoms with Crippen molar-refractivity contribution in [3.05, 3.63) is 131 Å². The molecule has 5 aromatic rings. The van der Waals surface area contributed by atoms with Crippen molar-refractivity contribution in [1.82, 2.24) is 15.5 Å². The summed E-state index contributed by atoms with van der Waals surface area (Å²) in [5, 5.41) is 16.9. The predicted octanol–water partition coefficient (Wildman–Crippen LogP) is 6.32. The number of carbonyl (C=O) groups is 3. The number of aromatic nitrogens is 2. The lowest BCUT2D eigenvalue weighted by atomic mass is 10.1. The van der Waals surface area contributed by atoms with Gasteiger partial charge in [0.15, 0.2) is 0 Å². The van der Waals surface area contributed by atoms with Crippen LogP contribution in [0.4, 0.5) is 10.8 Å². The van der Waals surface area contributed by atoms with Crippen LogP contribution in [0.2, 0.25) is 0 Å². The topological polar surface area (TPSA) is 126 Å². The number of anilines is 2. The average molecular weight is 596 g/mol. The largest absolute Gasteiger partial charge is 0.465 e. The first kappa shape index (κ1) is 28.5. The molecule has 3 amide bonds. The van der Waals surface area contributed by atoms with Gasteiger partial charge >= 0.3 is 0 Å². The van der Waals surface area contributed by atoms with Crippen molar-refractivity contribution in [2.45, 2.75) is 17.1 Å². The molecule has 5 rings (SSSR count). The van der Waals surface area contributed by atoms with Crippen LogP contribution in [0.1, 0.15) is 31.9 Å². The second kappa shape index (κ2) is 13.6. The molecular weight excluding hydrogens is 571 g/mol. The highest BCUT2D eigenvalue weighted by atomic mass is 32.2. The van der Waals surface area contributed by atoms with Crippen molar-refractivity contribution in [2.24, 2.45) is 0 Å². The van der Waals surface area contributed by atoms with Crippen LogP contribution in [0.25, 0.3) is 6.08 Å². The van der Waals surface area contributed by atoms with Crippen LogP contribution in [0, 0.1) is 6.92 Å². The third kappa shape index (κ3) is 7.59. The van der Waals surface area contributed by atoms with E-state index >= 15 is 0 Å². The molecule has 1 atom stereocenters. The quantitative estimate of drug-likeness (QED) is 0.127. The van der Waals surface area contributed by atoms with Gasteiger partial charge in [0, 0.05) is 22.2 Å². The maximum atomic E-state index is 13.4. The number of hydrogen-bond acceptors (Lipinski definition) is 8. The second-order valence-corrected chi connectivity index (χ2v) is 11.3. The molecule has 11 heteroatoms. The van der Waals surface area contributed by atoms with E-state index in [1.807, 2.05) is 43.3 Å². The zero-order valence-corrected chi connectivity index (χ0v) is 23.9. The summed E-state index contributed by atoms with van der Waals surface area (Å²) in [7, 11) is 0. The second-order valence-electron chi connectivity index (χ2n) is 8.90. The van der Waals surface area contributed by atoms with Crippen molar-refractivity contribution in [3.8, 4) is 0 Å². The standard InChI is InChI=1S/C31H25N5O4S2/c1-20-35-36-31(41-20)34-30(39)27(21-10-4-2-5-11-21)42-25-16-8-14-23(18-25)32-29(38)26(19-24-15-9-17-40-24)33-28(37)22-12-6-3-7-13-22/h2-19,27H,1H3,(H,32,38)(H,33,37)(H,34,36,39)/b26-19-. The average Bonchev–Trinajstić information content (AvgIpc) is 3.68. The molecule has 0 radical (unpaired) electrons. The summed E-state index contributed by atoms with van der Waals surface area (Å²) in [6.45, 7) is 1.82. The van der Waals surface area contributed by atoms with E-state index in [4.69, 9.17) is 4.42 Å². The van der Waals surface area contributed by atoms with Gasteiger partial charge in [0.25, 0.3) is 11.8 Å². The normalized spacial score (nSPS) is 11.9. The first-order valence-electron chi connectivity index (χ1n) is 12.8. The molecule has 0 fully saturated rings. The predicted molar refractivity (Wildman–Crippen MR) is 164 cm³/mol. The molecule has 9 nitrogen and oxygen atoms in total. The van der Waals surface area contributed by atoms with Crippen molar-refractivity contribution >= 4 is 57.7 Å². The van der Waals surface area contributed by atoms with Crippen molar-refractivity contribution in [2.75, 3.05) is 10.6 Å². The Hall–Kier alpha value is -5.00. The summed E-state index contributed by atoms with van der Waals surface area (Å²) in [6, 6.07) is 28.5. The first-order valence-corrected chi connectivity index (χ1v) is 14.5. The Morgan fingerprint density at radius 3 is 2.33 bits per heavy atom. The molecule has 3 aromatic carbocycles. The van der Waals surface area contributed by atoms with E-state index in [1.54, 1.807) is 60.7 Å². The highest BCUT2D eigenvalue weighted by Crippen LogP contribution is 2.37. The van der Waals surface area contributed by atoms with Crippen molar-refractivity contribution in [3.63, 3.8) is 0 Å². The Morgan fingerprint density at radius 1 is 0.881 bits per heavy atom. The Kier molecular flexibility index (Phi) is 9.22. The van der Waals surface area contributed by atoms with Crippen molar-refractivity contribution in [1.29, 1.82) is 0 Å². The number of thioether (sulfide) groups is 1. The number of nitrogens with zero attached hydrogens (tertiary/aromatic N) is 2. The summed E-state index contributed by atoms with van der Waals surface area (Å²) in [5.74, 6) is -0.818. The fourth-order valence-electron chi connectivity index (χ4n) is 3.86. The third-order valence-electron chi connectivity index (χ3n) is 5.80. The Bertz CT molecular complexity index is 1700. The van der Waals surface area contributed by atoms with Crippen LogP contribution in [-0.2, 0) is 9.59 Å². The lowest BCUT2D eigenvalue weighted by Crippen LogP contribution is -2.30. The fourth-order valence-corrected chi connectivity index (χ4v) is 5.54. The number of amides is 3. The molecule has 0 saturated heterocycles. The summed E-state index contributed by atoms with van der Waals surface area (Å²) in [5.41, 5.74) is 1.70. The SMILES string of the molecule is Cc1nnc(NC(=O)C(Sc2cccc(NC(=O)/C(=C/c3ccco3)NC(=O)c3ccccc3)c2)c2ccccc2)s1. The van der Waals surface area contributed by atoms with E-state index in [0.717, 1.165) is 15.5 Å². The number of carbonyl (C=O) groups excluding carboxylic acids is 3. The van der Waals surface area contributed by atoms with Gasteiger partial charge < -0.3 is 15.1 Å². The minimum absolute atomic E-state index is 0.00532. The van der Waals surface area contributed by atoms with E-state index in [2.05, 4.69) is 26.1 Å². The Balaban J connectivity index is 1.35. The Labute approximate surface area is 250 Å². The van der Waals surface area contributed by atoms with Crippen LogP contribution in [0.5, 0.6) is 0 Å². The zero-order chi connectivity index (χ0) is 29.3. The first-order chi connectivity index (χ1) is 20.4. The molecule has 0 aliphatic heterocycles. The fraction of sp³-hybridized carbons (Fsp3) is 0.0645. The minimum Gasteiger partial charge on any atom is -0.465 e. The number of rotatable bonds is 10. The number of furan rings is 1. The monoisotopic (exact) mass is 595 g/mol. The molecule has 2 heterocycles. The summed E-state index contributed by atoms with van der Waals surface area (Å²) >= 11 is 2.63. The van der Waals surface area contributed by atoms with Gasteiger partial charge in [-0.25, -0.2) is 0 Å². The molecule has 210 valence electrons. The van der Waals surface area contributed by atoms with Crippen LogP contribution < -0.4 is 16.0 Å². The maximum absolute atomic E-state index is 13.4. The molecule has 0 aliphatic carbocycles. The lowest BCUT2D eigenvalue weighted by molar-refractivity contribution is -0.116. The number of benzene rings is 3. The van der Waals surface area contributed by atoms with Gasteiger partial charge in [0.2, 0.25) is 11.0 Å². The molecule has 42 heavy (non-hydrogen) atoms. The van der Waals surface area contributed by atoms with Crippen LogP contribution >= 0.6 is 23.1 Å². The van der Waals surface area contributed by atoms with Gasteiger partial charge in [-0.15, -0.1) is 22.0 Å². The highest BCUT2D eigenvalue weighted by molar-refractivity contribution is 8.00. The zero-order valence-electron chi connectivity index (χ0n) is 22.3. The molecule has 1 unspecified atom stereocenters. The highest BCUT2D eigenvalue weighted by Gasteiger charge is 2.24. The maximum Gasteiger partial charge on any atom is 0.272 e. The number of hydrogen-bond donors (Lipinski definition) is 3. The van der Waals surface area contributed by atoms with Gasteiger partial charge in [0.05, 0.1) is 6.26 Å². The third-order valence-corrected chi connectivity index (χ3v) is 7.80. The number of nitrogens with one attached hydrogen (secondary N) is 3. The summed E-state index contributed by atoms with van der Waals surface area (Å²) in [4.78, 5) is 40.3. The molecular formula is C31H25N5O4S2. The van der Waals surface area contributed by atoms with E-state index in [9.17, 15) is 14.4 Å². The Morgan fingerprint density at radius 2 is 1.64 bits per heavy atom.